The summed E-state index contributed by atoms with van der Waals surface area (Å²) in [6.45, 7) is 0. The average Bonchev–Trinajstić information content (AvgIpc) is 2.52. The third-order valence-corrected chi connectivity index (χ3v) is 4.39. The molecule has 0 aromatic heterocycles. The summed E-state index contributed by atoms with van der Waals surface area (Å²) in [6.07, 6.45) is 0. The van der Waals surface area contributed by atoms with Crippen LogP contribution in [0.1, 0.15) is 0 Å². The van der Waals surface area contributed by atoms with E-state index in [1.54, 1.807) is 6.07 Å². The van der Waals surface area contributed by atoms with Crippen LogP contribution in [-0.2, 0) is 9.37 Å². The molecule has 0 radical (unpaired) electrons. The number of phenols is 1. The van der Waals surface area contributed by atoms with Crippen molar-refractivity contribution in [2.24, 2.45) is 0 Å². The highest BCUT2D eigenvalue weighted by molar-refractivity contribution is 7.94. The largest absolute Gasteiger partial charge is 0.507 e. The van der Waals surface area contributed by atoms with Crippen LogP contribution in [0.25, 0.3) is 32.3 Å². The lowest BCUT2D eigenvalue weighted by Gasteiger charge is -2.13. The summed E-state index contributed by atoms with van der Waals surface area (Å²) in [5.41, 5.74) is 0. The van der Waals surface area contributed by atoms with Gasteiger partial charge in [0.1, 0.15) is 5.75 Å². The summed E-state index contributed by atoms with van der Waals surface area (Å²) in [7, 11) is 0. The molecule has 4 aromatic rings. The molecule has 2 N–H and O–H groups in total. The molecule has 0 atom stereocenters. The third-order valence-electron chi connectivity index (χ3n) is 3.74. The fourth-order valence-electron chi connectivity index (χ4n) is 2.90. The molecule has 0 aliphatic carbocycles. The Bertz CT molecular complexity index is 935. The first-order chi connectivity index (χ1) is 10.3. The molecule has 4 aromatic carbocycles. The van der Waals surface area contributed by atoms with E-state index in [1.165, 1.54) is 0 Å². The van der Waals surface area contributed by atoms with Gasteiger partial charge in [-0.1, -0.05) is 47.5 Å². The molecular weight excluding hydrogens is 288 g/mol. The quantitative estimate of drug-likeness (QED) is 0.248. The molecule has 0 amide bonds. The summed E-state index contributed by atoms with van der Waals surface area (Å²) in [4.78, 5) is 0.673. The Balaban J connectivity index is 2.19. The second kappa shape index (κ2) is 4.75. The van der Waals surface area contributed by atoms with Crippen LogP contribution in [0, 0.1) is 0 Å². The second-order valence-electron chi connectivity index (χ2n) is 4.80. The van der Waals surface area contributed by atoms with Crippen molar-refractivity contribution in [3.63, 3.8) is 0 Å². The Kier molecular flexibility index (Phi) is 2.87. The van der Waals surface area contributed by atoms with Crippen LogP contribution in [-0.4, -0.2) is 10.4 Å². The molecule has 5 heteroatoms. The van der Waals surface area contributed by atoms with Gasteiger partial charge in [0.25, 0.3) is 0 Å². The van der Waals surface area contributed by atoms with Crippen molar-refractivity contribution in [3.05, 3.63) is 48.5 Å². The van der Waals surface area contributed by atoms with Crippen molar-refractivity contribution in [2.75, 3.05) is 0 Å². The van der Waals surface area contributed by atoms with E-state index < -0.39 is 0 Å². The van der Waals surface area contributed by atoms with E-state index in [0.29, 0.717) is 4.90 Å². The first kappa shape index (κ1) is 12.7. The van der Waals surface area contributed by atoms with Crippen LogP contribution in [0.3, 0.4) is 0 Å². The van der Waals surface area contributed by atoms with E-state index in [9.17, 15) is 5.11 Å². The Hall–Kier alpha value is -2.05. The maximum Gasteiger partial charge on any atom is 0.124 e. The van der Waals surface area contributed by atoms with Crippen LogP contribution in [0.2, 0.25) is 0 Å². The molecule has 4 rings (SSSR count). The van der Waals surface area contributed by atoms with Crippen LogP contribution in [0.4, 0.5) is 0 Å². The summed E-state index contributed by atoms with van der Waals surface area (Å²) in [5.74, 6) is 0.171. The number of rotatable bonds is 3. The zero-order valence-corrected chi connectivity index (χ0v) is 11.6. The van der Waals surface area contributed by atoms with E-state index in [-0.39, 0.29) is 5.75 Å². The molecule has 0 aliphatic heterocycles. The number of hydrogen-bond acceptors (Lipinski definition) is 5. The average molecular weight is 298 g/mol. The third kappa shape index (κ3) is 1.83. The lowest BCUT2D eigenvalue weighted by molar-refractivity contribution is -0.432. The van der Waals surface area contributed by atoms with E-state index in [0.717, 1.165) is 44.4 Å². The Labute approximate surface area is 123 Å². The van der Waals surface area contributed by atoms with Gasteiger partial charge in [0.05, 0.1) is 16.9 Å². The van der Waals surface area contributed by atoms with Crippen molar-refractivity contribution in [1.82, 2.24) is 0 Å². The highest BCUT2D eigenvalue weighted by atomic mass is 32.2. The smallest absolute Gasteiger partial charge is 0.124 e. The van der Waals surface area contributed by atoms with Gasteiger partial charge < -0.3 is 5.11 Å². The zero-order chi connectivity index (χ0) is 14.4. The second-order valence-corrected chi connectivity index (χ2v) is 5.54. The van der Waals surface area contributed by atoms with Crippen molar-refractivity contribution in [1.29, 1.82) is 0 Å². The predicted molar refractivity (Wildman–Crippen MR) is 82.5 cm³/mol. The number of aromatic hydroxyl groups is 1. The molecule has 21 heavy (non-hydrogen) atoms. The monoisotopic (exact) mass is 298 g/mol. The Morgan fingerprint density at radius 3 is 2.29 bits per heavy atom. The highest BCUT2D eigenvalue weighted by Crippen LogP contribution is 2.42. The minimum Gasteiger partial charge on any atom is -0.507 e. The van der Waals surface area contributed by atoms with Crippen LogP contribution in [0.15, 0.2) is 53.4 Å². The molecule has 0 unspecified atom stereocenters. The van der Waals surface area contributed by atoms with Gasteiger partial charge >= 0.3 is 0 Å². The van der Waals surface area contributed by atoms with Crippen LogP contribution in [0.5, 0.6) is 5.75 Å². The van der Waals surface area contributed by atoms with Crippen LogP contribution < -0.4 is 0 Å². The minimum atomic E-state index is 0.171. The van der Waals surface area contributed by atoms with Crippen molar-refractivity contribution in [2.45, 2.75) is 4.90 Å². The lowest BCUT2D eigenvalue weighted by Crippen LogP contribution is -1.87. The van der Waals surface area contributed by atoms with Crippen molar-refractivity contribution < 1.29 is 19.7 Å². The van der Waals surface area contributed by atoms with Gasteiger partial charge in [-0.2, -0.15) is 0 Å². The summed E-state index contributed by atoms with van der Waals surface area (Å²) in [6, 6.07) is 15.6. The molecule has 0 spiro atoms. The van der Waals surface area contributed by atoms with Crippen molar-refractivity contribution >= 4 is 44.4 Å². The lowest BCUT2D eigenvalue weighted by atomic mass is 9.94. The number of benzene rings is 4. The number of hydrogen-bond donors (Lipinski definition) is 2. The van der Waals surface area contributed by atoms with Crippen molar-refractivity contribution in [3.8, 4) is 5.75 Å². The molecule has 0 aliphatic rings. The van der Waals surface area contributed by atoms with E-state index >= 15 is 0 Å². The minimum absolute atomic E-state index is 0.171. The van der Waals surface area contributed by atoms with Gasteiger partial charge in [0.15, 0.2) is 0 Å². The SMILES string of the molecule is OOOSc1cc(O)c2ccc3cccc4ccc1c2c34. The molecule has 4 nitrogen and oxygen atoms in total. The normalized spacial score (nSPS) is 11.9. The maximum atomic E-state index is 10.3. The van der Waals surface area contributed by atoms with Gasteiger partial charge in [-0.05, 0) is 27.6 Å². The Morgan fingerprint density at radius 2 is 1.57 bits per heavy atom. The number of phenolic OH excluding ortho intramolecular Hbond substituents is 1. The first-order valence-corrected chi connectivity index (χ1v) is 7.08. The maximum absolute atomic E-state index is 10.3. The summed E-state index contributed by atoms with van der Waals surface area (Å²) < 4.78 is 4.53. The summed E-state index contributed by atoms with van der Waals surface area (Å²) >= 11 is 0.855. The van der Waals surface area contributed by atoms with Gasteiger partial charge in [-0.15, -0.1) is 4.33 Å². The molecule has 0 bridgehead atoms. The molecule has 104 valence electrons. The van der Waals surface area contributed by atoms with Gasteiger partial charge in [-0.25, -0.2) is 5.26 Å². The van der Waals surface area contributed by atoms with Crippen LogP contribution >= 0.6 is 12.0 Å². The fraction of sp³-hybridized carbons (Fsp3) is 0. The topological polar surface area (TPSA) is 58.9 Å². The first-order valence-electron chi connectivity index (χ1n) is 6.34. The standard InChI is InChI=1S/C16H10O4S/c17-13-8-14(21-20-19-18)12-7-5-10-3-1-2-9-4-6-11(13)16(12)15(9)10/h1-8,17-18H. The molecule has 0 heterocycles. The van der Waals surface area contributed by atoms with E-state index in [4.69, 9.17) is 5.26 Å². The zero-order valence-electron chi connectivity index (χ0n) is 10.7. The fourth-order valence-corrected chi connectivity index (χ4v) is 3.43. The molecule has 0 fully saturated rings. The van der Waals surface area contributed by atoms with Gasteiger partial charge in [0.2, 0.25) is 0 Å². The molecule has 0 saturated heterocycles. The van der Waals surface area contributed by atoms with E-state index in [2.05, 4.69) is 9.37 Å². The van der Waals surface area contributed by atoms with Gasteiger partial charge in [-0.3, -0.25) is 0 Å². The molecule has 0 saturated carbocycles. The van der Waals surface area contributed by atoms with Gasteiger partial charge in [0, 0.05) is 10.8 Å². The highest BCUT2D eigenvalue weighted by Gasteiger charge is 2.14. The predicted octanol–water partition coefficient (Wildman–Crippen LogP) is 4.72. The summed E-state index contributed by atoms with van der Waals surface area (Å²) in [5, 5.41) is 28.3. The molecular formula is C16H10O4S. The Morgan fingerprint density at radius 1 is 0.857 bits per heavy atom. The van der Waals surface area contributed by atoms with E-state index in [1.807, 2.05) is 42.5 Å².